The number of primary amides is 1. The summed E-state index contributed by atoms with van der Waals surface area (Å²) in [6, 6.07) is 7.15. The van der Waals surface area contributed by atoms with Gasteiger partial charge in [0, 0.05) is 18.7 Å². The van der Waals surface area contributed by atoms with Crippen LogP contribution >= 0.6 is 0 Å². The smallest absolute Gasteiger partial charge is 0.248 e. The zero-order chi connectivity index (χ0) is 12.1. The van der Waals surface area contributed by atoms with Crippen LogP contribution in [0.1, 0.15) is 35.2 Å². The van der Waals surface area contributed by atoms with E-state index in [1.54, 1.807) is 12.1 Å². The summed E-state index contributed by atoms with van der Waals surface area (Å²) in [5.74, 6) is -0.399. The number of carbonyl (C=O) groups excluding carboxylic acids is 1. The number of hydrogen-bond donors (Lipinski definition) is 1. The molecular weight excluding hydrogens is 214 g/mol. The van der Waals surface area contributed by atoms with Gasteiger partial charge in [-0.3, -0.25) is 9.80 Å². The number of carbonyl (C=O) groups is 1. The van der Waals surface area contributed by atoms with E-state index in [1.807, 2.05) is 18.3 Å². The first-order chi connectivity index (χ1) is 8.25. The van der Waals surface area contributed by atoms with E-state index in [9.17, 15) is 4.79 Å². The highest BCUT2D eigenvalue weighted by atomic mass is 16.1. The van der Waals surface area contributed by atoms with Gasteiger partial charge in [0.15, 0.2) is 0 Å². The third kappa shape index (κ3) is 3.31. The van der Waals surface area contributed by atoms with Crippen molar-refractivity contribution in [3.63, 3.8) is 0 Å². The second kappa shape index (κ2) is 5.48. The van der Waals surface area contributed by atoms with E-state index in [-0.39, 0.29) is 0 Å². The van der Waals surface area contributed by atoms with Crippen LogP contribution in [0.4, 0.5) is 0 Å². The molecule has 0 unspecified atom stereocenters. The topological polar surface area (TPSA) is 58.7 Å². The van der Waals surface area contributed by atoms with Crippen molar-refractivity contribution in [2.24, 2.45) is 10.8 Å². The number of nitrogens with zero attached hydrogens (tertiary/aromatic N) is 2. The largest absolute Gasteiger partial charge is 0.366 e. The predicted molar refractivity (Wildman–Crippen MR) is 68.0 cm³/mol. The van der Waals surface area contributed by atoms with Gasteiger partial charge in [0.2, 0.25) is 5.91 Å². The van der Waals surface area contributed by atoms with Crippen molar-refractivity contribution in [3.8, 4) is 0 Å². The molecule has 1 saturated heterocycles. The van der Waals surface area contributed by atoms with Crippen LogP contribution in [0, 0.1) is 0 Å². The first kappa shape index (κ1) is 11.6. The van der Waals surface area contributed by atoms with E-state index < -0.39 is 5.91 Å². The van der Waals surface area contributed by atoms with Crippen LogP contribution in [0.25, 0.3) is 0 Å². The second-order valence-electron chi connectivity index (χ2n) is 4.25. The quantitative estimate of drug-likeness (QED) is 0.803. The molecule has 0 spiro atoms. The predicted octanol–water partition coefficient (Wildman–Crippen LogP) is 1.61. The summed E-state index contributed by atoms with van der Waals surface area (Å²) in [5, 5.41) is 6.51. The maximum absolute atomic E-state index is 10.9. The first-order valence-electron chi connectivity index (χ1n) is 5.94. The molecule has 1 aromatic carbocycles. The minimum atomic E-state index is -0.399. The van der Waals surface area contributed by atoms with Gasteiger partial charge in [-0.25, -0.2) is 0 Å². The molecule has 90 valence electrons. The molecule has 0 bridgehead atoms. The summed E-state index contributed by atoms with van der Waals surface area (Å²) in [7, 11) is 0. The number of amides is 1. The molecule has 0 atom stereocenters. The van der Waals surface area contributed by atoms with Gasteiger partial charge in [0.1, 0.15) is 0 Å². The van der Waals surface area contributed by atoms with Crippen molar-refractivity contribution < 1.29 is 4.79 Å². The SMILES string of the molecule is NC(=O)c1ccc(C=NN2CCCCC2)cc1. The van der Waals surface area contributed by atoms with Crippen LogP contribution in [0.2, 0.25) is 0 Å². The first-order valence-corrected chi connectivity index (χ1v) is 5.94. The average molecular weight is 231 g/mol. The summed E-state index contributed by atoms with van der Waals surface area (Å²) in [6.45, 7) is 2.08. The maximum atomic E-state index is 10.9. The highest BCUT2D eigenvalue weighted by Crippen LogP contribution is 2.09. The van der Waals surface area contributed by atoms with Crippen molar-refractivity contribution in [1.29, 1.82) is 0 Å². The van der Waals surface area contributed by atoms with Crippen molar-refractivity contribution in [1.82, 2.24) is 5.01 Å². The summed E-state index contributed by atoms with van der Waals surface area (Å²) >= 11 is 0. The number of rotatable bonds is 3. The number of hydrazone groups is 1. The van der Waals surface area contributed by atoms with Crippen LogP contribution in [0.3, 0.4) is 0 Å². The molecule has 4 heteroatoms. The molecule has 1 amide bonds. The molecule has 4 nitrogen and oxygen atoms in total. The van der Waals surface area contributed by atoms with E-state index in [4.69, 9.17) is 5.73 Å². The lowest BCUT2D eigenvalue weighted by Crippen LogP contribution is -2.24. The molecule has 1 heterocycles. The molecule has 2 rings (SSSR count). The van der Waals surface area contributed by atoms with Gasteiger partial charge in [0.25, 0.3) is 0 Å². The van der Waals surface area contributed by atoms with Crippen LogP contribution in [0.15, 0.2) is 29.4 Å². The molecule has 0 radical (unpaired) electrons. The van der Waals surface area contributed by atoms with Crippen LogP contribution in [0.5, 0.6) is 0 Å². The molecule has 17 heavy (non-hydrogen) atoms. The number of piperidine rings is 1. The minimum absolute atomic E-state index is 0.399. The summed E-state index contributed by atoms with van der Waals surface area (Å²) in [5.41, 5.74) is 6.69. The Bertz CT molecular complexity index is 405. The number of benzene rings is 1. The average Bonchev–Trinajstić information content (AvgIpc) is 2.38. The number of hydrogen-bond acceptors (Lipinski definition) is 3. The second-order valence-corrected chi connectivity index (χ2v) is 4.25. The maximum Gasteiger partial charge on any atom is 0.248 e. The minimum Gasteiger partial charge on any atom is -0.366 e. The zero-order valence-electron chi connectivity index (χ0n) is 9.80. The van der Waals surface area contributed by atoms with Crippen LogP contribution < -0.4 is 5.73 Å². The van der Waals surface area contributed by atoms with E-state index in [2.05, 4.69) is 10.1 Å². The van der Waals surface area contributed by atoms with Gasteiger partial charge >= 0.3 is 0 Å². The molecule has 0 saturated carbocycles. The van der Waals surface area contributed by atoms with Crippen molar-refractivity contribution in [3.05, 3.63) is 35.4 Å². The highest BCUT2D eigenvalue weighted by Gasteiger charge is 2.06. The summed E-state index contributed by atoms with van der Waals surface area (Å²) in [4.78, 5) is 10.9. The fourth-order valence-corrected chi connectivity index (χ4v) is 1.87. The van der Waals surface area contributed by atoms with Gasteiger partial charge < -0.3 is 5.73 Å². The molecule has 0 aromatic heterocycles. The van der Waals surface area contributed by atoms with E-state index in [0.29, 0.717) is 5.56 Å². The molecule has 2 N–H and O–H groups in total. The van der Waals surface area contributed by atoms with Gasteiger partial charge in [-0.1, -0.05) is 12.1 Å². The Morgan fingerprint density at radius 2 is 1.82 bits per heavy atom. The lowest BCUT2D eigenvalue weighted by Gasteiger charge is -2.23. The van der Waals surface area contributed by atoms with Gasteiger partial charge in [-0.05, 0) is 37.0 Å². The molecule has 1 aliphatic heterocycles. The Morgan fingerprint density at radius 1 is 1.18 bits per heavy atom. The molecular formula is C13H17N3O. The lowest BCUT2D eigenvalue weighted by molar-refractivity contribution is 0.100. The standard InChI is InChI=1S/C13H17N3O/c14-13(17)12-6-4-11(5-7-12)10-15-16-8-2-1-3-9-16/h4-7,10H,1-3,8-9H2,(H2,14,17). The van der Waals surface area contributed by atoms with Crippen molar-refractivity contribution in [2.75, 3.05) is 13.1 Å². The van der Waals surface area contributed by atoms with E-state index in [1.165, 1.54) is 19.3 Å². The molecule has 0 aliphatic carbocycles. The van der Waals surface area contributed by atoms with Gasteiger partial charge in [-0.15, -0.1) is 0 Å². The highest BCUT2D eigenvalue weighted by molar-refractivity contribution is 5.93. The third-order valence-corrected chi connectivity index (χ3v) is 2.90. The Balaban J connectivity index is 1.98. The van der Waals surface area contributed by atoms with E-state index >= 15 is 0 Å². The van der Waals surface area contributed by atoms with Crippen molar-refractivity contribution in [2.45, 2.75) is 19.3 Å². The Morgan fingerprint density at radius 3 is 2.41 bits per heavy atom. The Hall–Kier alpha value is -1.84. The zero-order valence-corrected chi connectivity index (χ0v) is 9.80. The summed E-state index contributed by atoms with van der Waals surface area (Å²) in [6.07, 6.45) is 5.57. The fraction of sp³-hybridized carbons (Fsp3) is 0.385. The molecule has 1 aliphatic rings. The normalized spacial score (nSPS) is 16.4. The third-order valence-electron chi connectivity index (χ3n) is 2.90. The van der Waals surface area contributed by atoms with Crippen LogP contribution in [-0.2, 0) is 0 Å². The van der Waals surface area contributed by atoms with Crippen LogP contribution in [-0.4, -0.2) is 30.2 Å². The summed E-state index contributed by atoms with van der Waals surface area (Å²) < 4.78 is 0. The number of nitrogens with two attached hydrogens (primary N) is 1. The molecule has 1 aromatic rings. The van der Waals surface area contributed by atoms with E-state index in [0.717, 1.165) is 18.7 Å². The van der Waals surface area contributed by atoms with Gasteiger partial charge in [0.05, 0.1) is 6.21 Å². The lowest BCUT2D eigenvalue weighted by atomic mass is 10.1. The monoisotopic (exact) mass is 231 g/mol. The Kier molecular flexibility index (Phi) is 3.75. The van der Waals surface area contributed by atoms with Gasteiger partial charge in [-0.2, -0.15) is 5.10 Å². The molecule has 1 fully saturated rings. The fourth-order valence-electron chi connectivity index (χ4n) is 1.87. The Labute approximate surface area is 101 Å². The van der Waals surface area contributed by atoms with Crippen molar-refractivity contribution >= 4 is 12.1 Å².